The lowest BCUT2D eigenvalue weighted by Gasteiger charge is -2.11. The zero-order chi connectivity index (χ0) is 14.6. The summed E-state index contributed by atoms with van der Waals surface area (Å²) >= 11 is 0. The van der Waals surface area contributed by atoms with Crippen LogP contribution in [0, 0.1) is 0 Å². The molecule has 0 aliphatic rings. The van der Waals surface area contributed by atoms with Crippen LogP contribution in [0.4, 0.5) is 18.9 Å². The normalized spacial score (nSPS) is 11.4. The Bertz CT molecular complexity index is 567. The SMILES string of the molecule is NCCNc1cncnc1-c1ccc(C(F)(F)F)cc1. The van der Waals surface area contributed by atoms with Crippen LogP contribution in [0.2, 0.25) is 0 Å². The maximum atomic E-state index is 12.5. The highest BCUT2D eigenvalue weighted by Gasteiger charge is 2.30. The van der Waals surface area contributed by atoms with E-state index < -0.39 is 11.7 Å². The third kappa shape index (κ3) is 3.24. The Balaban J connectivity index is 2.32. The van der Waals surface area contributed by atoms with Gasteiger partial charge in [-0.3, -0.25) is 0 Å². The summed E-state index contributed by atoms with van der Waals surface area (Å²) < 4.78 is 37.5. The first-order chi connectivity index (χ1) is 9.52. The van der Waals surface area contributed by atoms with Gasteiger partial charge in [0.1, 0.15) is 6.33 Å². The van der Waals surface area contributed by atoms with Crippen molar-refractivity contribution in [1.82, 2.24) is 9.97 Å². The molecule has 1 heterocycles. The lowest BCUT2D eigenvalue weighted by atomic mass is 10.1. The Kier molecular flexibility index (Phi) is 4.19. The van der Waals surface area contributed by atoms with Crippen molar-refractivity contribution in [2.24, 2.45) is 5.73 Å². The molecule has 2 aromatic rings. The third-order valence-electron chi connectivity index (χ3n) is 2.66. The van der Waals surface area contributed by atoms with Crippen molar-refractivity contribution >= 4 is 5.69 Å². The first-order valence-corrected chi connectivity index (χ1v) is 5.94. The molecule has 0 bridgehead atoms. The summed E-state index contributed by atoms with van der Waals surface area (Å²) in [5.74, 6) is 0. The minimum absolute atomic E-state index is 0.432. The smallest absolute Gasteiger partial charge is 0.381 e. The van der Waals surface area contributed by atoms with E-state index in [1.165, 1.54) is 18.5 Å². The number of alkyl halides is 3. The molecule has 1 aromatic heterocycles. The lowest BCUT2D eigenvalue weighted by molar-refractivity contribution is -0.137. The van der Waals surface area contributed by atoms with Gasteiger partial charge in [-0.1, -0.05) is 12.1 Å². The Morgan fingerprint density at radius 3 is 2.45 bits per heavy atom. The average molecular weight is 282 g/mol. The van der Waals surface area contributed by atoms with E-state index in [9.17, 15) is 13.2 Å². The lowest BCUT2D eigenvalue weighted by Crippen LogP contribution is -2.14. The van der Waals surface area contributed by atoms with Crippen LogP contribution in [0.5, 0.6) is 0 Å². The standard InChI is InChI=1S/C13H13F3N4/c14-13(15,16)10-3-1-9(2-4-10)12-11(19-6-5-17)7-18-8-20-12/h1-4,7-8,19H,5-6,17H2. The summed E-state index contributed by atoms with van der Waals surface area (Å²) in [5, 5.41) is 3.03. The summed E-state index contributed by atoms with van der Waals surface area (Å²) in [6.07, 6.45) is -1.43. The summed E-state index contributed by atoms with van der Waals surface area (Å²) in [6, 6.07) is 4.84. The Morgan fingerprint density at radius 2 is 1.85 bits per heavy atom. The molecule has 1 aromatic carbocycles. The molecule has 3 N–H and O–H groups in total. The maximum Gasteiger partial charge on any atom is 0.416 e. The van der Waals surface area contributed by atoms with Gasteiger partial charge in [0.25, 0.3) is 0 Å². The highest BCUT2D eigenvalue weighted by atomic mass is 19.4. The van der Waals surface area contributed by atoms with E-state index in [2.05, 4.69) is 15.3 Å². The summed E-state index contributed by atoms with van der Waals surface area (Å²) in [6.45, 7) is 0.961. The summed E-state index contributed by atoms with van der Waals surface area (Å²) in [7, 11) is 0. The minimum Gasteiger partial charge on any atom is -0.381 e. The first kappa shape index (κ1) is 14.3. The van der Waals surface area contributed by atoms with Crippen LogP contribution in [0.3, 0.4) is 0 Å². The van der Waals surface area contributed by atoms with Crippen molar-refractivity contribution in [2.45, 2.75) is 6.18 Å². The molecule has 0 aliphatic carbocycles. The number of anilines is 1. The molecule has 0 radical (unpaired) electrons. The molecule has 0 saturated carbocycles. The van der Waals surface area contributed by atoms with Crippen LogP contribution in [-0.4, -0.2) is 23.1 Å². The Hall–Kier alpha value is -2.15. The largest absolute Gasteiger partial charge is 0.416 e. The van der Waals surface area contributed by atoms with Gasteiger partial charge in [-0.25, -0.2) is 9.97 Å². The number of aromatic nitrogens is 2. The molecule has 0 spiro atoms. The molecule has 0 fully saturated rings. The number of nitrogens with two attached hydrogens (primary N) is 1. The van der Waals surface area contributed by atoms with Gasteiger partial charge in [0.05, 0.1) is 23.1 Å². The monoisotopic (exact) mass is 282 g/mol. The second-order valence-corrected chi connectivity index (χ2v) is 4.08. The van der Waals surface area contributed by atoms with E-state index in [1.807, 2.05) is 0 Å². The van der Waals surface area contributed by atoms with Gasteiger partial charge >= 0.3 is 6.18 Å². The molecule has 106 valence electrons. The van der Waals surface area contributed by atoms with Crippen molar-refractivity contribution in [2.75, 3.05) is 18.4 Å². The fraction of sp³-hybridized carbons (Fsp3) is 0.231. The molecular weight excluding hydrogens is 269 g/mol. The van der Waals surface area contributed by atoms with E-state index in [0.717, 1.165) is 12.1 Å². The van der Waals surface area contributed by atoms with Crippen LogP contribution in [-0.2, 0) is 6.18 Å². The predicted octanol–water partition coefficient (Wildman–Crippen LogP) is 2.53. The summed E-state index contributed by atoms with van der Waals surface area (Å²) in [5.41, 5.74) is 6.48. The van der Waals surface area contributed by atoms with Crippen molar-refractivity contribution < 1.29 is 13.2 Å². The number of benzene rings is 1. The van der Waals surface area contributed by atoms with Crippen LogP contribution in [0.1, 0.15) is 5.56 Å². The zero-order valence-electron chi connectivity index (χ0n) is 10.5. The van der Waals surface area contributed by atoms with E-state index in [1.54, 1.807) is 6.20 Å². The van der Waals surface area contributed by atoms with E-state index in [4.69, 9.17) is 5.73 Å². The number of halogens is 3. The van der Waals surface area contributed by atoms with Crippen LogP contribution >= 0.6 is 0 Å². The quantitative estimate of drug-likeness (QED) is 0.904. The molecule has 2 rings (SSSR count). The number of nitrogens with one attached hydrogen (secondary N) is 1. The molecule has 0 atom stereocenters. The van der Waals surface area contributed by atoms with E-state index in [-0.39, 0.29) is 0 Å². The van der Waals surface area contributed by atoms with Crippen LogP contribution in [0.15, 0.2) is 36.8 Å². The van der Waals surface area contributed by atoms with Gasteiger partial charge in [-0.15, -0.1) is 0 Å². The molecule has 0 saturated heterocycles. The molecular formula is C13H13F3N4. The first-order valence-electron chi connectivity index (χ1n) is 5.94. The number of nitrogens with zero attached hydrogens (tertiary/aromatic N) is 2. The van der Waals surface area contributed by atoms with Gasteiger partial charge in [0, 0.05) is 18.7 Å². The molecule has 7 heteroatoms. The van der Waals surface area contributed by atoms with Crippen molar-refractivity contribution in [1.29, 1.82) is 0 Å². The number of rotatable bonds is 4. The maximum absolute atomic E-state index is 12.5. The zero-order valence-corrected chi connectivity index (χ0v) is 10.5. The van der Waals surface area contributed by atoms with Gasteiger partial charge in [0.2, 0.25) is 0 Å². The van der Waals surface area contributed by atoms with E-state index >= 15 is 0 Å². The molecule has 4 nitrogen and oxygen atoms in total. The second-order valence-electron chi connectivity index (χ2n) is 4.08. The fourth-order valence-electron chi connectivity index (χ4n) is 1.71. The fourth-order valence-corrected chi connectivity index (χ4v) is 1.71. The van der Waals surface area contributed by atoms with Crippen molar-refractivity contribution in [3.8, 4) is 11.3 Å². The second kappa shape index (κ2) is 5.87. The third-order valence-corrected chi connectivity index (χ3v) is 2.66. The highest BCUT2D eigenvalue weighted by Crippen LogP contribution is 2.31. The predicted molar refractivity (Wildman–Crippen MR) is 70.0 cm³/mol. The van der Waals surface area contributed by atoms with E-state index in [0.29, 0.717) is 30.0 Å². The van der Waals surface area contributed by atoms with Crippen LogP contribution in [0.25, 0.3) is 11.3 Å². The highest BCUT2D eigenvalue weighted by molar-refractivity contribution is 5.73. The van der Waals surface area contributed by atoms with Gasteiger partial charge < -0.3 is 11.1 Å². The molecule has 0 unspecified atom stereocenters. The topological polar surface area (TPSA) is 63.8 Å². The van der Waals surface area contributed by atoms with Gasteiger partial charge in [-0.05, 0) is 12.1 Å². The van der Waals surface area contributed by atoms with Crippen LogP contribution < -0.4 is 11.1 Å². The van der Waals surface area contributed by atoms with Crippen molar-refractivity contribution in [3.63, 3.8) is 0 Å². The van der Waals surface area contributed by atoms with Gasteiger partial charge in [-0.2, -0.15) is 13.2 Å². The minimum atomic E-state index is -4.34. The van der Waals surface area contributed by atoms with Gasteiger partial charge in [0.15, 0.2) is 0 Å². The molecule has 0 amide bonds. The Morgan fingerprint density at radius 1 is 1.15 bits per heavy atom. The average Bonchev–Trinajstić information content (AvgIpc) is 2.45. The van der Waals surface area contributed by atoms with Crippen molar-refractivity contribution in [3.05, 3.63) is 42.4 Å². The number of hydrogen-bond acceptors (Lipinski definition) is 4. The molecule has 20 heavy (non-hydrogen) atoms. The molecule has 0 aliphatic heterocycles. The Labute approximate surface area is 113 Å². The summed E-state index contributed by atoms with van der Waals surface area (Å²) in [4.78, 5) is 7.98. The number of hydrogen-bond donors (Lipinski definition) is 2.